The second kappa shape index (κ2) is 17.6. The molecule has 1 amide bonds. The number of rotatable bonds is 15. The van der Waals surface area contributed by atoms with Crippen LogP contribution in [-0.4, -0.2) is 50.1 Å². The number of halogens is 4. The molecule has 4 rings (SSSR count). The van der Waals surface area contributed by atoms with E-state index in [-0.39, 0.29) is 47.7 Å². The highest BCUT2D eigenvalue weighted by Gasteiger charge is 2.40. The molecule has 13 heteroatoms. The first-order valence-electron chi connectivity index (χ1n) is 17.9. The molecular weight excluding hydrogens is 733 g/mol. The average Bonchev–Trinajstić information content (AvgIpc) is 3.45. The lowest BCUT2D eigenvalue weighted by Crippen LogP contribution is -2.44. The van der Waals surface area contributed by atoms with Gasteiger partial charge in [-0.2, -0.15) is 0 Å². The van der Waals surface area contributed by atoms with E-state index < -0.39 is 38.5 Å². The smallest absolute Gasteiger partial charge is 0.469 e. The lowest BCUT2D eigenvalue weighted by molar-refractivity contribution is -0.274. The summed E-state index contributed by atoms with van der Waals surface area (Å²) >= 11 is 0. The van der Waals surface area contributed by atoms with Gasteiger partial charge in [-0.3, -0.25) is 14.4 Å². The molecule has 0 saturated carbocycles. The van der Waals surface area contributed by atoms with Crippen molar-refractivity contribution in [2.24, 2.45) is 0 Å². The fourth-order valence-electron chi connectivity index (χ4n) is 5.88. The quantitative estimate of drug-likeness (QED) is 0.0559. The zero-order valence-corrected chi connectivity index (χ0v) is 33.3. The van der Waals surface area contributed by atoms with Gasteiger partial charge in [0.25, 0.3) is 5.91 Å². The van der Waals surface area contributed by atoms with Crippen molar-refractivity contribution < 1.29 is 45.8 Å². The van der Waals surface area contributed by atoms with Gasteiger partial charge < -0.3 is 23.8 Å². The molecule has 0 fully saturated rings. The predicted octanol–water partition coefficient (Wildman–Crippen LogP) is 10.3. The molecule has 0 aliphatic heterocycles. The van der Waals surface area contributed by atoms with E-state index in [9.17, 15) is 31.9 Å². The molecule has 294 valence electrons. The summed E-state index contributed by atoms with van der Waals surface area (Å²) in [4.78, 5) is 40.5. The molecule has 3 aromatic carbocycles. The Labute approximate surface area is 320 Å². The number of carbonyl (C=O) groups excluding carboxylic acids is 3. The van der Waals surface area contributed by atoms with Crippen LogP contribution >= 0.6 is 0 Å². The Morgan fingerprint density at radius 1 is 0.855 bits per heavy atom. The van der Waals surface area contributed by atoms with Crippen LogP contribution in [0, 0.1) is 5.82 Å². The van der Waals surface area contributed by atoms with Gasteiger partial charge in [0.15, 0.2) is 14.1 Å². The van der Waals surface area contributed by atoms with Gasteiger partial charge in [-0.05, 0) is 85.1 Å². The molecule has 1 N–H and O–H groups in total. The second-order valence-electron chi connectivity index (χ2n) is 15.0. The number of alkyl halides is 3. The van der Waals surface area contributed by atoms with Crippen LogP contribution in [0.25, 0.3) is 28.3 Å². The van der Waals surface area contributed by atoms with Crippen molar-refractivity contribution in [1.82, 2.24) is 9.88 Å². The van der Waals surface area contributed by atoms with Crippen LogP contribution in [0.2, 0.25) is 18.1 Å². The molecule has 1 heterocycles. The number of nitrogens with zero attached hydrogens (tertiary/aromatic N) is 1. The van der Waals surface area contributed by atoms with E-state index in [1.165, 1.54) is 49.6 Å². The van der Waals surface area contributed by atoms with Gasteiger partial charge in [0, 0.05) is 30.1 Å². The number of aromatic nitrogens is 1. The minimum Gasteiger partial charge on any atom is -0.469 e. The van der Waals surface area contributed by atoms with Gasteiger partial charge in [0.2, 0.25) is 0 Å². The Morgan fingerprint density at radius 2 is 1.45 bits per heavy atom. The Kier molecular flexibility index (Phi) is 13.7. The monoisotopic (exact) mass is 780 g/mol. The third-order valence-corrected chi connectivity index (χ3v) is 14.1. The molecule has 55 heavy (non-hydrogen) atoms. The number of nitrogens with one attached hydrogen (secondary N) is 1. The number of hydrogen-bond acceptors (Lipinski definition) is 6. The van der Waals surface area contributed by atoms with Gasteiger partial charge in [0.1, 0.15) is 17.3 Å². The van der Waals surface area contributed by atoms with E-state index in [1.807, 2.05) is 57.3 Å². The van der Waals surface area contributed by atoms with Crippen molar-refractivity contribution in [2.45, 2.75) is 90.6 Å². The molecule has 0 unspecified atom stereocenters. The van der Waals surface area contributed by atoms with Gasteiger partial charge in [-0.1, -0.05) is 75.4 Å². The van der Waals surface area contributed by atoms with Gasteiger partial charge in [-0.15, -0.1) is 13.2 Å². The molecule has 8 nitrogen and oxygen atoms in total. The third-order valence-electron chi connectivity index (χ3n) is 9.53. The van der Waals surface area contributed by atoms with Crippen LogP contribution in [0.3, 0.4) is 0 Å². The maximum atomic E-state index is 14.4. The van der Waals surface area contributed by atoms with Crippen molar-refractivity contribution in [3.63, 3.8) is 0 Å². The summed E-state index contributed by atoms with van der Waals surface area (Å²) in [6.45, 7) is 14.0. The number of amides is 1. The molecular formula is C42H48F4N2O6Si. The lowest BCUT2D eigenvalue weighted by Gasteiger charge is -2.39. The zero-order valence-electron chi connectivity index (χ0n) is 32.3. The topological polar surface area (TPSA) is 95.9 Å². The van der Waals surface area contributed by atoms with Crippen LogP contribution in [0.1, 0.15) is 75.2 Å². The molecule has 0 bridgehead atoms. The van der Waals surface area contributed by atoms with Gasteiger partial charge in [0.05, 0.1) is 25.3 Å². The van der Waals surface area contributed by atoms with Crippen molar-refractivity contribution in [2.75, 3.05) is 7.11 Å². The first-order chi connectivity index (χ1) is 25.7. The minimum absolute atomic E-state index is 0.0199. The van der Waals surface area contributed by atoms with Crippen LogP contribution in [0.5, 0.6) is 5.75 Å². The Balaban J connectivity index is 1.83. The predicted molar refractivity (Wildman–Crippen MR) is 207 cm³/mol. The minimum atomic E-state index is -4.84. The highest BCUT2D eigenvalue weighted by atomic mass is 28.4. The summed E-state index contributed by atoms with van der Waals surface area (Å²) in [7, 11) is -1.11. The standard InChI is InChI=1S/C42H48F4N2O6Si/c1-27(2)48-35(23-20-32(49)24-34(25-36(50)52-6)54-55(7,8)41(3,4)5)37(30-16-18-31(43)19-17-30)38(29-12-10-9-11-13-29)39(48)40(51)47-26-28-14-21-33(22-15-28)53-42(44,45)46/h9-23,27,34H,24-26H2,1-8H3,(H,47,51)/b23-20+/t34-/m0/s1. The number of allylic oxidation sites excluding steroid dienone is 1. The average molecular weight is 781 g/mol. The van der Waals surface area contributed by atoms with Crippen molar-refractivity contribution in [1.29, 1.82) is 0 Å². The molecule has 0 radical (unpaired) electrons. The molecule has 4 aromatic rings. The first-order valence-corrected chi connectivity index (χ1v) is 20.8. The maximum Gasteiger partial charge on any atom is 0.573 e. The number of ether oxygens (including phenoxy) is 2. The second-order valence-corrected chi connectivity index (χ2v) is 19.7. The van der Waals surface area contributed by atoms with E-state index in [1.54, 1.807) is 22.8 Å². The van der Waals surface area contributed by atoms with Gasteiger partial charge >= 0.3 is 12.3 Å². The van der Waals surface area contributed by atoms with E-state index in [0.29, 0.717) is 33.5 Å². The van der Waals surface area contributed by atoms with Crippen LogP contribution in [0.15, 0.2) is 84.9 Å². The summed E-state index contributed by atoms with van der Waals surface area (Å²) in [5.74, 6) is -2.15. The van der Waals surface area contributed by atoms with Crippen molar-refractivity contribution in [3.05, 3.63) is 108 Å². The number of methoxy groups -OCH3 is 1. The van der Waals surface area contributed by atoms with Gasteiger partial charge in [-0.25, -0.2) is 4.39 Å². The van der Waals surface area contributed by atoms with Crippen molar-refractivity contribution in [3.8, 4) is 28.0 Å². The normalized spacial score (nSPS) is 12.9. The molecule has 0 aliphatic carbocycles. The number of benzene rings is 3. The summed E-state index contributed by atoms with van der Waals surface area (Å²) in [5, 5.41) is 2.73. The largest absolute Gasteiger partial charge is 0.573 e. The fourth-order valence-corrected chi connectivity index (χ4v) is 7.24. The van der Waals surface area contributed by atoms with Crippen LogP contribution in [0.4, 0.5) is 17.6 Å². The molecule has 1 atom stereocenters. The summed E-state index contributed by atoms with van der Waals surface area (Å²) < 4.78 is 69.6. The highest BCUT2D eigenvalue weighted by Crippen LogP contribution is 2.43. The fraction of sp³-hybridized carbons (Fsp3) is 0.357. The molecule has 0 spiro atoms. The third kappa shape index (κ3) is 11.3. The number of hydrogen-bond donors (Lipinski definition) is 1. The number of carbonyl (C=O) groups is 3. The van der Waals surface area contributed by atoms with Crippen LogP contribution in [-0.2, 0) is 25.3 Å². The molecule has 0 saturated heterocycles. The van der Waals surface area contributed by atoms with E-state index >= 15 is 0 Å². The summed E-state index contributed by atoms with van der Waals surface area (Å²) in [5.41, 5.74) is 3.66. The van der Waals surface area contributed by atoms with Crippen LogP contribution < -0.4 is 10.1 Å². The Hall–Kier alpha value is -5.01. The zero-order chi connectivity index (χ0) is 40.7. The Bertz CT molecular complexity index is 1980. The van der Waals surface area contributed by atoms with Crippen molar-refractivity contribution >= 4 is 32.1 Å². The molecule has 0 aliphatic rings. The van der Waals surface area contributed by atoms with E-state index in [0.717, 1.165) is 0 Å². The summed E-state index contributed by atoms with van der Waals surface area (Å²) in [6, 6.07) is 19.9. The summed E-state index contributed by atoms with van der Waals surface area (Å²) in [6.07, 6.45) is -2.74. The maximum absolute atomic E-state index is 14.4. The van der Waals surface area contributed by atoms with E-state index in [4.69, 9.17) is 9.16 Å². The lowest BCUT2D eigenvalue weighted by atomic mass is 9.94. The number of esters is 1. The number of ketones is 1. The van der Waals surface area contributed by atoms with E-state index in [2.05, 4.69) is 30.8 Å². The Morgan fingerprint density at radius 3 is 2.00 bits per heavy atom. The first kappa shape index (κ1) is 42.7. The SMILES string of the molecule is COC(=O)C[C@H](CC(=O)/C=C/c1c(-c2ccc(F)cc2)c(-c2ccccc2)c(C(=O)NCc2ccc(OC(F)(F)F)cc2)n1C(C)C)O[Si](C)(C)C(C)(C)C. The highest BCUT2D eigenvalue weighted by molar-refractivity contribution is 6.74. The molecule has 1 aromatic heterocycles.